The van der Waals surface area contributed by atoms with Gasteiger partial charge in [-0.3, -0.25) is 9.69 Å². The highest BCUT2D eigenvalue weighted by molar-refractivity contribution is 5.99. The van der Waals surface area contributed by atoms with Crippen LogP contribution in [0.15, 0.2) is 78.9 Å². The number of nitrogens with zero attached hydrogens (tertiary/aromatic N) is 1. The van der Waals surface area contributed by atoms with Gasteiger partial charge in [-0.2, -0.15) is 0 Å². The number of hydrogen-bond acceptors (Lipinski definition) is 4. The van der Waals surface area contributed by atoms with Crippen LogP contribution in [0.1, 0.15) is 28.4 Å². The SMILES string of the molecule is COc1ccc(N2C(=O)Oc3ccccc3C2CC(=O)c2ccccc2)cc1. The molecule has 0 N–H and O–H groups in total. The van der Waals surface area contributed by atoms with Crippen molar-refractivity contribution >= 4 is 17.6 Å². The van der Waals surface area contributed by atoms with Gasteiger partial charge in [-0.1, -0.05) is 48.5 Å². The number of amides is 1. The predicted octanol–water partition coefficient (Wildman–Crippen LogP) is 5.03. The second-order valence-electron chi connectivity index (χ2n) is 6.48. The van der Waals surface area contributed by atoms with Gasteiger partial charge in [-0.15, -0.1) is 0 Å². The topological polar surface area (TPSA) is 55.8 Å². The lowest BCUT2D eigenvalue weighted by Gasteiger charge is -2.36. The molecule has 0 saturated heterocycles. The van der Waals surface area contributed by atoms with E-state index in [2.05, 4.69) is 0 Å². The fourth-order valence-corrected chi connectivity index (χ4v) is 3.41. The molecule has 1 atom stereocenters. The zero-order valence-corrected chi connectivity index (χ0v) is 15.4. The first-order valence-corrected chi connectivity index (χ1v) is 8.99. The van der Waals surface area contributed by atoms with Crippen molar-refractivity contribution in [2.75, 3.05) is 12.0 Å². The molecular formula is C23H19NO4. The monoisotopic (exact) mass is 373 g/mol. The van der Waals surface area contributed by atoms with E-state index >= 15 is 0 Å². The van der Waals surface area contributed by atoms with Crippen LogP contribution in [-0.4, -0.2) is 19.0 Å². The lowest BCUT2D eigenvalue weighted by atomic mass is 9.94. The molecule has 140 valence electrons. The van der Waals surface area contributed by atoms with Crippen LogP contribution in [0.4, 0.5) is 10.5 Å². The van der Waals surface area contributed by atoms with Gasteiger partial charge in [0.15, 0.2) is 5.78 Å². The maximum atomic E-state index is 12.9. The highest BCUT2D eigenvalue weighted by atomic mass is 16.6. The van der Waals surface area contributed by atoms with E-state index in [0.717, 1.165) is 5.56 Å². The number of methoxy groups -OCH3 is 1. The summed E-state index contributed by atoms with van der Waals surface area (Å²) in [7, 11) is 1.59. The minimum Gasteiger partial charge on any atom is -0.497 e. The van der Waals surface area contributed by atoms with Gasteiger partial charge in [0.1, 0.15) is 11.5 Å². The van der Waals surface area contributed by atoms with E-state index in [4.69, 9.17) is 9.47 Å². The summed E-state index contributed by atoms with van der Waals surface area (Å²) in [4.78, 5) is 27.2. The fraction of sp³-hybridized carbons (Fsp3) is 0.130. The number of hydrogen-bond donors (Lipinski definition) is 0. The lowest BCUT2D eigenvalue weighted by Crippen LogP contribution is -2.42. The average molecular weight is 373 g/mol. The number of anilines is 1. The Morgan fingerprint density at radius 2 is 1.64 bits per heavy atom. The normalized spacial score (nSPS) is 15.5. The maximum Gasteiger partial charge on any atom is 0.420 e. The fourth-order valence-electron chi connectivity index (χ4n) is 3.41. The molecule has 0 radical (unpaired) electrons. The van der Waals surface area contributed by atoms with Crippen LogP contribution in [0.3, 0.4) is 0 Å². The van der Waals surface area contributed by atoms with Crippen molar-refractivity contribution in [3.05, 3.63) is 90.0 Å². The summed E-state index contributed by atoms with van der Waals surface area (Å²) in [6, 6.07) is 23.1. The molecule has 0 fully saturated rings. The molecule has 5 heteroatoms. The Bertz CT molecular complexity index is 999. The molecule has 1 unspecified atom stereocenters. The Kier molecular flexibility index (Phi) is 4.81. The molecule has 4 rings (SSSR count). The molecular weight excluding hydrogens is 354 g/mol. The Labute approximate surface area is 163 Å². The third-order valence-corrected chi connectivity index (χ3v) is 4.81. The number of carbonyl (C=O) groups excluding carboxylic acids is 2. The molecule has 28 heavy (non-hydrogen) atoms. The smallest absolute Gasteiger partial charge is 0.420 e. The highest BCUT2D eigenvalue weighted by Gasteiger charge is 2.36. The molecule has 1 aliphatic heterocycles. The second-order valence-corrected chi connectivity index (χ2v) is 6.48. The van der Waals surface area contributed by atoms with Gasteiger partial charge in [-0.05, 0) is 30.3 Å². The molecule has 0 spiro atoms. The van der Waals surface area contributed by atoms with E-state index in [1.54, 1.807) is 49.6 Å². The molecule has 1 heterocycles. The van der Waals surface area contributed by atoms with Crippen molar-refractivity contribution in [1.29, 1.82) is 0 Å². The standard InChI is InChI=1S/C23H19NO4/c1-27-18-13-11-17(12-14-18)24-20(15-21(25)16-7-3-2-4-8-16)19-9-5-6-10-22(19)28-23(24)26/h2-14,20H,15H2,1H3. The van der Waals surface area contributed by atoms with Crippen molar-refractivity contribution in [2.45, 2.75) is 12.5 Å². The first-order chi connectivity index (χ1) is 13.7. The van der Waals surface area contributed by atoms with Gasteiger partial charge in [0.2, 0.25) is 0 Å². The van der Waals surface area contributed by atoms with Crippen LogP contribution in [0.2, 0.25) is 0 Å². The Morgan fingerprint density at radius 3 is 2.36 bits per heavy atom. The van der Waals surface area contributed by atoms with Gasteiger partial charge in [0, 0.05) is 23.2 Å². The number of ether oxygens (including phenoxy) is 2. The van der Waals surface area contributed by atoms with E-state index in [9.17, 15) is 9.59 Å². The van der Waals surface area contributed by atoms with Crippen LogP contribution in [0.5, 0.6) is 11.5 Å². The third kappa shape index (κ3) is 3.34. The van der Waals surface area contributed by atoms with Gasteiger partial charge in [0.25, 0.3) is 0 Å². The highest BCUT2D eigenvalue weighted by Crippen LogP contribution is 2.40. The van der Waals surface area contributed by atoms with Crippen LogP contribution >= 0.6 is 0 Å². The van der Waals surface area contributed by atoms with Gasteiger partial charge >= 0.3 is 6.09 Å². The summed E-state index contributed by atoms with van der Waals surface area (Å²) < 4.78 is 10.7. The molecule has 0 bridgehead atoms. The second kappa shape index (κ2) is 7.56. The van der Waals surface area contributed by atoms with E-state index < -0.39 is 12.1 Å². The molecule has 3 aromatic rings. The van der Waals surface area contributed by atoms with Gasteiger partial charge in [-0.25, -0.2) is 4.79 Å². The summed E-state index contributed by atoms with van der Waals surface area (Å²) in [6.07, 6.45) is -0.350. The van der Waals surface area contributed by atoms with Crippen LogP contribution in [0.25, 0.3) is 0 Å². The maximum absolute atomic E-state index is 12.9. The molecule has 1 amide bonds. The molecule has 5 nitrogen and oxygen atoms in total. The third-order valence-electron chi connectivity index (χ3n) is 4.81. The molecule has 1 aliphatic rings. The Hall–Kier alpha value is -3.60. The first kappa shape index (κ1) is 17.8. The molecule has 0 aliphatic carbocycles. The van der Waals surface area contributed by atoms with Crippen molar-refractivity contribution < 1.29 is 19.1 Å². The first-order valence-electron chi connectivity index (χ1n) is 8.99. The minimum atomic E-state index is -0.505. The summed E-state index contributed by atoms with van der Waals surface area (Å²) in [5, 5.41) is 0. The van der Waals surface area contributed by atoms with Gasteiger partial charge < -0.3 is 9.47 Å². The number of Topliss-reactive ketones (excluding diaryl/α,β-unsaturated/α-hetero) is 1. The number of para-hydroxylation sites is 1. The summed E-state index contributed by atoms with van der Waals surface area (Å²) in [6.45, 7) is 0. The number of carbonyl (C=O) groups is 2. The number of benzene rings is 3. The van der Waals surface area contributed by atoms with E-state index in [1.807, 2.05) is 36.4 Å². The summed E-state index contributed by atoms with van der Waals surface area (Å²) in [5.74, 6) is 1.14. The largest absolute Gasteiger partial charge is 0.497 e. The molecule has 0 aromatic heterocycles. The van der Waals surface area contributed by atoms with Crippen molar-refractivity contribution in [2.24, 2.45) is 0 Å². The quantitative estimate of drug-likeness (QED) is 0.589. The van der Waals surface area contributed by atoms with E-state index in [0.29, 0.717) is 22.7 Å². The van der Waals surface area contributed by atoms with Gasteiger partial charge in [0.05, 0.1) is 13.2 Å². The van der Waals surface area contributed by atoms with Crippen molar-refractivity contribution in [1.82, 2.24) is 0 Å². The minimum absolute atomic E-state index is 0.0337. The molecule has 0 saturated carbocycles. The van der Waals surface area contributed by atoms with Crippen LogP contribution in [0, 0.1) is 0 Å². The Balaban J connectivity index is 1.74. The summed E-state index contributed by atoms with van der Waals surface area (Å²) in [5.41, 5.74) is 2.07. The van der Waals surface area contributed by atoms with E-state index in [1.165, 1.54) is 4.90 Å². The Morgan fingerprint density at radius 1 is 0.964 bits per heavy atom. The average Bonchev–Trinajstić information content (AvgIpc) is 2.74. The van der Waals surface area contributed by atoms with Crippen molar-refractivity contribution in [3.63, 3.8) is 0 Å². The zero-order chi connectivity index (χ0) is 19.5. The number of rotatable bonds is 5. The number of ketones is 1. The number of fused-ring (bicyclic) bond motifs is 1. The molecule has 3 aromatic carbocycles. The predicted molar refractivity (Wildman–Crippen MR) is 106 cm³/mol. The van der Waals surface area contributed by atoms with E-state index in [-0.39, 0.29) is 12.2 Å². The zero-order valence-electron chi connectivity index (χ0n) is 15.4. The van der Waals surface area contributed by atoms with Crippen LogP contribution in [-0.2, 0) is 0 Å². The lowest BCUT2D eigenvalue weighted by molar-refractivity contribution is 0.0971. The van der Waals surface area contributed by atoms with Crippen molar-refractivity contribution in [3.8, 4) is 11.5 Å². The van der Waals surface area contributed by atoms with Crippen LogP contribution < -0.4 is 14.4 Å². The summed E-state index contributed by atoms with van der Waals surface area (Å²) >= 11 is 0.